The minimum absolute atomic E-state index is 0.274. The Hall–Kier alpha value is -2.63. The van der Waals surface area contributed by atoms with Crippen LogP contribution in [0.25, 0.3) is 10.9 Å². The van der Waals surface area contributed by atoms with Gasteiger partial charge in [-0.2, -0.15) is 0 Å². The predicted octanol–water partition coefficient (Wildman–Crippen LogP) is 2.33. The topological polar surface area (TPSA) is 81.2 Å². The zero-order valence-electron chi connectivity index (χ0n) is 10.9. The number of carbonyl (C=O) groups is 1. The van der Waals surface area contributed by atoms with Gasteiger partial charge in [0.2, 0.25) is 11.8 Å². The van der Waals surface area contributed by atoms with E-state index >= 15 is 0 Å². The van der Waals surface area contributed by atoms with Crippen LogP contribution in [0.2, 0.25) is 0 Å². The first kappa shape index (κ1) is 12.4. The van der Waals surface area contributed by atoms with Gasteiger partial charge in [-0.05, 0) is 6.07 Å². The molecule has 3 rings (SSSR count). The van der Waals surface area contributed by atoms with Crippen molar-refractivity contribution in [1.29, 1.82) is 0 Å². The molecule has 0 radical (unpaired) electrons. The molecule has 0 fully saturated rings. The number of para-hydroxylation sites is 1. The monoisotopic (exact) mass is 271 g/mol. The highest BCUT2D eigenvalue weighted by Gasteiger charge is 2.15. The Bertz CT molecular complexity index is 773. The van der Waals surface area contributed by atoms with E-state index in [2.05, 4.69) is 10.2 Å². The van der Waals surface area contributed by atoms with Crippen molar-refractivity contribution in [2.75, 3.05) is 0 Å². The summed E-state index contributed by atoms with van der Waals surface area (Å²) < 4.78 is 7.28. The molecule has 2 aromatic heterocycles. The predicted molar refractivity (Wildman–Crippen MR) is 71.7 cm³/mol. The second kappa shape index (κ2) is 4.80. The first-order chi connectivity index (χ1) is 9.69. The Labute approximate surface area is 114 Å². The molecule has 0 aliphatic carbocycles. The first-order valence-corrected chi connectivity index (χ1v) is 6.31. The number of carboxylic acid groups (broad SMARTS) is 1. The molecule has 0 unspecified atom stereocenters. The van der Waals surface area contributed by atoms with Gasteiger partial charge in [-0.25, -0.2) is 4.79 Å². The van der Waals surface area contributed by atoms with Crippen LogP contribution in [0.3, 0.4) is 0 Å². The fourth-order valence-corrected chi connectivity index (χ4v) is 2.19. The quantitative estimate of drug-likeness (QED) is 0.787. The summed E-state index contributed by atoms with van der Waals surface area (Å²) in [7, 11) is 0. The van der Waals surface area contributed by atoms with Gasteiger partial charge in [0.05, 0.1) is 5.56 Å². The van der Waals surface area contributed by atoms with Crippen LogP contribution in [0.5, 0.6) is 0 Å². The molecule has 0 atom stereocenters. The van der Waals surface area contributed by atoms with Crippen molar-refractivity contribution in [1.82, 2.24) is 14.8 Å². The zero-order valence-corrected chi connectivity index (χ0v) is 10.9. The second-order valence-corrected chi connectivity index (χ2v) is 4.44. The van der Waals surface area contributed by atoms with Gasteiger partial charge in [0.15, 0.2) is 0 Å². The summed E-state index contributed by atoms with van der Waals surface area (Å²) in [6.45, 7) is 2.30. The fraction of sp³-hybridized carbons (Fsp3) is 0.214. The summed E-state index contributed by atoms with van der Waals surface area (Å²) in [5.74, 6) is 0.106. The van der Waals surface area contributed by atoms with Gasteiger partial charge in [0.1, 0.15) is 6.54 Å². The molecule has 0 saturated heterocycles. The average Bonchev–Trinajstić information content (AvgIpc) is 3.04. The highest BCUT2D eigenvalue weighted by atomic mass is 16.4. The lowest BCUT2D eigenvalue weighted by atomic mass is 10.2. The molecule has 1 N–H and O–H groups in total. The summed E-state index contributed by atoms with van der Waals surface area (Å²) in [4.78, 5) is 11.3. The van der Waals surface area contributed by atoms with Crippen molar-refractivity contribution in [3.63, 3.8) is 0 Å². The number of aryl methyl sites for hydroxylation is 1. The lowest BCUT2D eigenvalue weighted by Crippen LogP contribution is -1.99. The third-order valence-electron chi connectivity index (χ3n) is 3.14. The van der Waals surface area contributed by atoms with Crippen LogP contribution in [0.4, 0.5) is 0 Å². The number of hydrogen-bond donors (Lipinski definition) is 1. The van der Waals surface area contributed by atoms with Gasteiger partial charge in [0.25, 0.3) is 0 Å². The van der Waals surface area contributed by atoms with Crippen molar-refractivity contribution in [2.24, 2.45) is 0 Å². The van der Waals surface area contributed by atoms with Gasteiger partial charge in [0, 0.05) is 23.5 Å². The molecule has 0 bridgehead atoms. The molecule has 1 aromatic carbocycles. The van der Waals surface area contributed by atoms with E-state index in [1.54, 1.807) is 12.3 Å². The smallest absolute Gasteiger partial charge is 0.337 e. The first-order valence-electron chi connectivity index (χ1n) is 6.31. The Morgan fingerprint density at radius 2 is 2.05 bits per heavy atom. The summed E-state index contributed by atoms with van der Waals surface area (Å²) in [5, 5.41) is 17.8. The van der Waals surface area contributed by atoms with Crippen molar-refractivity contribution in [2.45, 2.75) is 19.9 Å². The van der Waals surface area contributed by atoms with E-state index in [-0.39, 0.29) is 5.56 Å². The third-order valence-corrected chi connectivity index (χ3v) is 3.14. The van der Waals surface area contributed by atoms with Gasteiger partial charge in [-0.3, -0.25) is 0 Å². The van der Waals surface area contributed by atoms with E-state index in [9.17, 15) is 9.90 Å². The van der Waals surface area contributed by atoms with E-state index in [1.807, 2.05) is 29.7 Å². The molecule has 0 amide bonds. The van der Waals surface area contributed by atoms with Gasteiger partial charge in [-0.1, -0.05) is 25.1 Å². The molecule has 0 saturated carbocycles. The Balaban J connectivity index is 2.05. The van der Waals surface area contributed by atoms with Crippen LogP contribution in [-0.4, -0.2) is 25.8 Å². The van der Waals surface area contributed by atoms with E-state index in [1.165, 1.54) is 0 Å². The molecule has 3 aromatic rings. The van der Waals surface area contributed by atoms with Crippen LogP contribution in [0.1, 0.15) is 29.1 Å². The SMILES string of the molecule is CCc1nnc(Cn2cc(C(=O)O)c3ccccc32)o1. The van der Waals surface area contributed by atoms with Gasteiger partial charge in [-0.15, -0.1) is 10.2 Å². The highest BCUT2D eigenvalue weighted by molar-refractivity contribution is 6.03. The molecular weight excluding hydrogens is 258 g/mol. The molecule has 20 heavy (non-hydrogen) atoms. The van der Waals surface area contributed by atoms with Gasteiger partial charge >= 0.3 is 5.97 Å². The minimum atomic E-state index is -0.945. The van der Waals surface area contributed by atoms with E-state index in [4.69, 9.17) is 4.42 Å². The van der Waals surface area contributed by atoms with Crippen LogP contribution >= 0.6 is 0 Å². The van der Waals surface area contributed by atoms with Crippen molar-refractivity contribution in [3.8, 4) is 0 Å². The van der Waals surface area contributed by atoms with E-state index in [0.29, 0.717) is 30.1 Å². The Morgan fingerprint density at radius 3 is 2.75 bits per heavy atom. The Morgan fingerprint density at radius 1 is 1.30 bits per heavy atom. The summed E-state index contributed by atoms with van der Waals surface area (Å²) in [6.07, 6.45) is 2.28. The van der Waals surface area contributed by atoms with Crippen LogP contribution in [0, 0.1) is 0 Å². The Kier molecular flexibility index (Phi) is 2.98. The van der Waals surface area contributed by atoms with Crippen LogP contribution < -0.4 is 0 Å². The molecule has 0 aliphatic rings. The molecule has 6 heteroatoms. The fourth-order valence-electron chi connectivity index (χ4n) is 2.19. The summed E-state index contributed by atoms with van der Waals surface area (Å²) in [6, 6.07) is 7.36. The number of hydrogen-bond acceptors (Lipinski definition) is 4. The van der Waals surface area contributed by atoms with Crippen molar-refractivity contribution >= 4 is 16.9 Å². The van der Waals surface area contributed by atoms with Crippen molar-refractivity contribution in [3.05, 3.63) is 47.8 Å². The maximum Gasteiger partial charge on any atom is 0.337 e. The lowest BCUT2D eigenvalue weighted by molar-refractivity contribution is 0.0698. The molecule has 6 nitrogen and oxygen atoms in total. The van der Waals surface area contributed by atoms with E-state index < -0.39 is 5.97 Å². The number of nitrogens with zero attached hydrogens (tertiary/aromatic N) is 3. The number of fused-ring (bicyclic) bond motifs is 1. The second-order valence-electron chi connectivity index (χ2n) is 4.44. The number of rotatable bonds is 4. The normalized spacial score (nSPS) is 11.1. The number of carboxylic acids is 1. The molecular formula is C14H13N3O3. The van der Waals surface area contributed by atoms with Crippen LogP contribution in [0.15, 0.2) is 34.9 Å². The molecule has 0 spiro atoms. The summed E-state index contributed by atoms with van der Waals surface area (Å²) in [5.41, 5.74) is 1.11. The standard InChI is InChI=1S/C14H13N3O3/c1-2-12-15-16-13(20-12)8-17-7-10(14(18)19)9-5-3-4-6-11(9)17/h3-7H,2,8H2,1H3,(H,18,19). The highest BCUT2D eigenvalue weighted by Crippen LogP contribution is 2.22. The number of benzene rings is 1. The number of aromatic carboxylic acids is 1. The zero-order chi connectivity index (χ0) is 14.1. The maximum atomic E-state index is 11.3. The van der Waals surface area contributed by atoms with Crippen molar-refractivity contribution < 1.29 is 14.3 Å². The van der Waals surface area contributed by atoms with E-state index in [0.717, 1.165) is 5.52 Å². The average molecular weight is 271 g/mol. The lowest BCUT2D eigenvalue weighted by Gasteiger charge is -2.00. The summed E-state index contributed by atoms with van der Waals surface area (Å²) >= 11 is 0. The minimum Gasteiger partial charge on any atom is -0.478 e. The van der Waals surface area contributed by atoms with Gasteiger partial charge < -0.3 is 14.1 Å². The maximum absolute atomic E-state index is 11.3. The molecule has 2 heterocycles. The largest absolute Gasteiger partial charge is 0.478 e. The van der Waals surface area contributed by atoms with Crippen LogP contribution in [-0.2, 0) is 13.0 Å². The third kappa shape index (κ3) is 2.05. The number of aromatic nitrogens is 3. The molecule has 102 valence electrons. The molecule has 0 aliphatic heterocycles.